The van der Waals surface area contributed by atoms with Crippen molar-refractivity contribution in [3.63, 3.8) is 0 Å². The van der Waals surface area contributed by atoms with E-state index in [1.54, 1.807) is 0 Å². The number of aromatic nitrogens is 1. The number of nitrogen functional groups attached to an aromatic ring is 1. The second kappa shape index (κ2) is 7.69. The van der Waals surface area contributed by atoms with Crippen molar-refractivity contribution < 1.29 is 13.2 Å². The number of hydrazine groups is 1. The van der Waals surface area contributed by atoms with Gasteiger partial charge in [-0.1, -0.05) is 19.3 Å². The van der Waals surface area contributed by atoms with Crippen LogP contribution >= 0.6 is 0 Å². The molecule has 1 aliphatic carbocycles. The van der Waals surface area contributed by atoms with E-state index >= 15 is 0 Å². The molecule has 0 atom stereocenters. The van der Waals surface area contributed by atoms with Gasteiger partial charge in [0.2, 0.25) is 10.0 Å². The molecule has 1 fully saturated rings. The highest BCUT2D eigenvalue weighted by Crippen LogP contribution is 2.19. The highest BCUT2D eigenvalue weighted by molar-refractivity contribution is 7.89. The van der Waals surface area contributed by atoms with Crippen LogP contribution in [-0.2, 0) is 14.8 Å². The summed E-state index contributed by atoms with van der Waals surface area (Å²) in [6.45, 7) is 0.648. The minimum atomic E-state index is -3.55. The summed E-state index contributed by atoms with van der Waals surface area (Å²) in [5, 5.41) is 0. The molecule has 7 nitrogen and oxygen atoms in total. The molecule has 1 aromatic rings. The number of ether oxygens (including phenoxy) is 1. The first-order chi connectivity index (χ1) is 10.1. The predicted octanol–water partition coefficient (Wildman–Crippen LogP) is 0.995. The third kappa shape index (κ3) is 4.92. The van der Waals surface area contributed by atoms with Crippen LogP contribution < -0.4 is 16.0 Å². The maximum atomic E-state index is 12.0. The third-order valence-corrected chi connectivity index (χ3v) is 4.94. The molecular formula is C13H22N4O3S. The molecule has 0 aromatic carbocycles. The summed E-state index contributed by atoms with van der Waals surface area (Å²) in [5.74, 6) is 5.60. The molecule has 0 spiro atoms. The van der Waals surface area contributed by atoms with Crippen LogP contribution in [0.2, 0.25) is 0 Å². The zero-order chi connectivity index (χ0) is 15.1. The van der Waals surface area contributed by atoms with Gasteiger partial charge in [0.05, 0.1) is 12.7 Å². The van der Waals surface area contributed by atoms with E-state index in [1.165, 1.54) is 37.6 Å². The van der Waals surface area contributed by atoms with Gasteiger partial charge < -0.3 is 10.2 Å². The quantitative estimate of drug-likeness (QED) is 0.394. The van der Waals surface area contributed by atoms with E-state index in [-0.39, 0.29) is 17.5 Å². The summed E-state index contributed by atoms with van der Waals surface area (Å²) in [6, 6.07) is 2.96. The average molecular weight is 314 g/mol. The Hall–Kier alpha value is -1.22. The SMILES string of the molecule is NNc1ccc(S(=O)(=O)NCCOC2CCCCC2)cn1. The Kier molecular flexibility index (Phi) is 5.92. The molecule has 4 N–H and O–H groups in total. The summed E-state index contributed by atoms with van der Waals surface area (Å²) >= 11 is 0. The number of pyridine rings is 1. The van der Waals surface area contributed by atoms with E-state index in [9.17, 15) is 8.42 Å². The second-order valence-electron chi connectivity index (χ2n) is 5.05. The van der Waals surface area contributed by atoms with Crippen molar-refractivity contribution in [1.82, 2.24) is 9.71 Å². The fraction of sp³-hybridized carbons (Fsp3) is 0.615. The van der Waals surface area contributed by atoms with Gasteiger partial charge >= 0.3 is 0 Å². The van der Waals surface area contributed by atoms with E-state index in [2.05, 4.69) is 15.1 Å². The molecule has 0 bridgehead atoms. The summed E-state index contributed by atoms with van der Waals surface area (Å²) < 4.78 is 32.2. The second-order valence-corrected chi connectivity index (χ2v) is 6.82. The summed E-state index contributed by atoms with van der Waals surface area (Å²) in [7, 11) is -3.55. The third-order valence-electron chi connectivity index (χ3n) is 3.49. The van der Waals surface area contributed by atoms with Gasteiger partial charge in [-0.3, -0.25) is 0 Å². The first kappa shape index (κ1) is 16.2. The number of anilines is 1. The lowest BCUT2D eigenvalue weighted by molar-refractivity contribution is 0.0321. The van der Waals surface area contributed by atoms with Gasteiger partial charge in [0, 0.05) is 12.7 Å². The topological polar surface area (TPSA) is 106 Å². The van der Waals surface area contributed by atoms with Crippen molar-refractivity contribution in [2.45, 2.75) is 43.1 Å². The van der Waals surface area contributed by atoms with E-state index in [0.717, 1.165) is 12.8 Å². The normalized spacial score (nSPS) is 16.8. The van der Waals surface area contributed by atoms with Gasteiger partial charge in [-0.15, -0.1) is 0 Å². The predicted molar refractivity (Wildman–Crippen MR) is 80.1 cm³/mol. The van der Waals surface area contributed by atoms with Crippen LogP contribution in [0.1, 0.15) is 32.1 Å². The molecule has 1 aromatic heterocycles. The summed E-state index contributed by atoms with van der Waals surface area (Å²) in [6.07, 6.45) is 7.36. The molecule has 0 aliphatic heterocycles. The number of sulfonamides is 1. The van der Waals surface area contributed by atoms with Crippen molar-refractivity contribution in [2.24, 2.45) is 5.84 Å². The maximum Gasteiger partial charge on any atom is 0.242 e. The Labute approximate surface area is 125 Å². The Morgan fingerprint density at radius 3 is 2.67 bits per heavy atom. The molecule has 0 radical (unpaired) electrons. The zero-order valence-electron chi connectivity index (χ0n) is 11.9. The number of nitrogens with two attached hydrogens (primary N) is 1. The minimum absolute atomic E-state index is 0.110. The van der Waals surface area contributed by atoms with Gasteiger partial charge in [0.25, 0.3) is 0 Å². The molecule has 1 aliphatic rings. The van der Waals surface area contributed by atoms with Crippen molar-refractivity contribution in [3.8, 4) is 0 Å². The number of rotatable bonds is 7. The molecule has 0 amide bonds. The van der Waals surface area contributed by atoms with Crippen LogP contribution in [0.3, 0.4) is 0 Å². The van der Waals surface area contributed by atoms with Gasteiger partial charge in [-0.2, -0.15) is 0 Å². The van der Waals surface area contributed by atoms with Crippen molar-refractivity contribution >= 4 is 15.8 Å². The van der Waals surface area contributed by atoms with Crippen LogP contribution in [-0.4, -0.2) is 32.7 Å². The fourth-order valence-electron chi connectivity index (χ4n) is 2.34. The number of nitrogens with zero attached hydrogens (tertiary/aromatic N) is 1. The zero-order valence-corrected chi connectivity index (χ0v) is 12.7. The Bertz CT molecular complexity index is 527. The van der Waals surface area contributed by atoms with E-state index < -0.39 is 10.0 Å². The van der Waals surface area contributed by atoms with E-state index in [0.29, 0.717) is 12.4 Å². The first-order valence-electron chi connectivity index (χ1n) is 7.16. The Morgan fingerprint density at radius 2 is 2.05 bits per heavy atom. The lowest BCUT2D eigenvalue weighted by atomic mass is 9.98. The molecule has 0 unspecified atom stereocenters. The van der Waals surface area contributed by atoms with Crippen molar-refractivity contribution in [1.29, 1.82) is 0 Å². The highest BCUT2D eigenvalue weighted by atomic mass is 32.2. The number of nitrogens with one attached hydrogen (secondary N) is 2. The van der Waals surface area contributed by atoms with Gasteiger partial charge in [-0.25, -0.2) is 24.0 Å². The molecular weight excluding hydrogens is 292 g/mol. The monoisotopic (exact) mass is 314 g/mol. The molecule has 21 heavy (non-hydrogen) atoms. The van der Waals surface area contributed by atoms with E-state index in [4.69, 9.17) is 10.6 Å². The van der Waals surface area contributed by atoms with Crippen LogP contribution in [0.15, 0.2) is 23.2 Å². The molecule has 1 heterocycles. The molecule has 8 heteroatoms. The fourth-order valence-corrected chi connectivity index (χ4v) is 3.30. The van der Waals surface area contributed by atoms with Crippen LogP contribution in [0, 0.1) is 0 Å². The van der Waals surface area contributed by atoms with Crippen LogP contribution in [0.5, 0.6) is 0 Å². The summed E-state index contributed by atoms with van der Waals surface area (Å²) in [5.41, 5.74) is 2.35. The molecule has 118 valence electrons. The minimum Gasteiger partial charge on any atom is -0.377 e. The molecule has 0 saturated heterocycles. The Morgan fingerprint density at radius 1 is 1.29 bits per heavy atom. The average Bonchev–Trinajstić information content (AvgIpc) is 2.53. The summed E-state index contributed by atoms with van der Waals surface area (Å²) in [4.78, 5) is 3.99. The van der Waals surface area contributed by atoms with Crippen LogP contribution in [0.4, 0.5) is 5.82 Å². The standard InChI is InChI=1S/C13H22N4O3S/c14-17-13-7-6-12(10-15-13)21(18,19)16-8-9-20-11-4-2-1-3-5-11/h6-7,10-11,16H,1-5,8-9,14H2,(H,15,17). The highest BCUT2D eigenvalue weighted by Gasteiger charge is 2.16. The lowest BCUT2D eigenvalue weighted by Crippen LogP contribution is -2.29. The lowest BCUT2D eigenvalue weighted by Gasteiger charge is -2.21. The van der Waals surface area contributed by atoms with Crippen molar-refractivity contribution in [3.05, 3.63) is 18.3 Å². The molecule has 2 rings (SSSR count). The Balaban J connectivity index is 1.77. The number of hydrogen-bond acceptors (Lipinski definition) is 6. The van der Waals surface area contributed by atoms with Gasteiger partial charge in [0.1, 0.15) is 10.7 Å². The number of hydrogen-bond donors (Lipinski definition) is 3. The van der Waals surface area contributed by atoms with Gasteiger partial charge in [0.15, 0.2) is 0 Å². The van der Waals surface area contributed by atoms with Crippen molar-refractivity contribution in [2.75, 3.05) is 18.6 Å². The van der Waals surface area contributed by atoms with Gasteiger partial charge in [-0.05, 0) is 25.0 Å². The largest absolute Gasteiger partial charge is 0.377 e. The molecule has 1 saturated carbocycles. The maximum absolute atomic E-state index is 12.0. The smallest absolute Gasteiger partial charge is 0.242 e. The van der Waals surface area contributed by atoms with E-state index in [1.807, 2.05) is 0 Å². The van der Waals surface area contributed by atoms with Crippen LogP contribution in [0.25, 0.3) is 0 Å². The first-order valence-corrected chi connectivity index (χ1v) is 8.64.